The van der Waals surface area contributed by atoms with Crippen molar-refractivity contribution in [3.8, 4) is 6.01 Å². The number of ether oxygens (including phenoxy) is 1. The second kappa shape index (κ2) is 5.51. The van der Waals surface area contributed by atoms with Crippen molar-refractivity contribution >= 4 is 11.9 Å². The van der Waals surface area contributed by atoms with Crippen LogP contribution in [0.15, 0.2) is 4.52 Å². The molecule has 8 nitrogen and oxygen atoms in total. The number of aryl methyl sites for hydroxylation is 2. The molecule has 0 atom stereocenters. The average Bonchev–Trinajstić information content (AvgIpc) is 2.75. The third kappa shape index (κ3) is 2.90. The molecular weight excluding hydrogens is 248 g/mol. The van der Waals surface area contributed by atoms with Gasteiger partial charge in [-0.2, -0.15) is 15.0 Å². The van der Waals surface area contributed by atoms with E-state index in [4.69, 9.17) is 9.26 Å². The van der Waals surface area contributed by atoms with E-state index < -0.39 is 0 Å². The van der Waals surface area contributed by atoms with Crippen LogP contribution in [0.3, 0.4) is 0 Å². The molecule has 0 amide bonds. The summed E-state index contributed by atoms with van der Waals surface area (Å²) in [5.74, 6) is 1.64. The zero-order valence-corrected chi connectivity index (χ0v) is 11.3. The lowest BCUT2D eigenvalue weighted by Gasteiger charge is -2.07. The summed E-state index contributed by atoms with van der Waals surface area (Å²) in [7, 11) is 3.24. The monoisotopic (exact) mass is 264 g/mol. The van der Waals surface area contributed by atoms with Gasteiger partial charge in [0.1, 0.15) is 5.76 Å². The lowest BCUT2D eigenvalue weighted by Crippen LogP contribution is -2.09. The SMILES string of the molecule is CNc1nc(NCc2c(C)noc2C)nc(OC)n1. The molecule has 2 N–H and O–H groups in total. The van der Waals surface area contributed by atoms with Gasteiger partial charge < -0.3 is 19.9 Å². The fraction of sp³-hybridized carbons (Fsp3) is 0.455. The molecule has 2 rings (SSSR count). The van der Waals surface area contributed by atoms with Crippen molar-refractivity contribution in [2.24, 2.45) is 0 Å². The Labute approximate surface area is 110 Å². The van der Waals surface area contributed by atoms with Crippen LogP contribution in [0.25, 0.3) is 0 Å². The van der Waals surface area contributed by atoms with E-state index in [0.29, 0.717) is 18.4 Å². The van der Waals surface area contributed by atoms with Crippen LogP contribution in [0.4, 0.5) is 11.9 Å². The highest BCUT2D eigenvalue weighted by Crippen LogP contribution is 2.15. The third-order valence-electron chi connectivity index (χ3n) is 2.63. The Morgan fingerprint density at radius 3 is 2.47 bits per heavy atom. The van der Waals surface area contributed by atoms with Crippen molar-refractivity contribution < 1.29 is 9.26 Å². The fourth-order valence-corrected chi connectivity index (χ4v) is 1.56. The largest absolute Gasteiger partial charge is 0.467 e. The van der Waals surface area contributed by atoms with Gasteiger partial charge in [0.25, 0.3) is 0 Å². The quantitative estimate of drug-likeness (QED) is 0.829. The molecule has 2 aromatic heterocycles. The van der Waals surface area contributed by atoms with Crippen LogP contribution in [0.1, 0.15) is 17.0 Å². The molecule has 0 aromatic carbocycles. The smallest absolute Gasteiger partial charge is 0.322 e. The van der Waals surface area contributed by atoms with Gasteiger partial charge in [-0.05, 0) is 13.8 Å². The molecule has 0 aliphatic rings. The maximum atomic E-state index is 5.09. The number of anilines is 2. The molecule has 2 aromatic rings. The first-order valence-electron chi connectivity index (χ1n) is 5.77. The van der Waals surface area contributed by atoms with Crippen LogP contribution in [-0.2, 0) is 6.54 Å². The first kappa shape index (κ1) is 13.1. The number of methoxy groups -OCH3 is 1. The third-order valence-corrected chi connectivity index (χ3v) is 2.63. The highest BCUT2D eigenvalue weighted by atomic mass is 16.5. The zero-order chi connectivity index (χ0) is 13.8. The summed E-state index contributed by atoms with van der Waals surface area (Å²) in [4.78, 5) is 12.3. The van der Waals surface area contributed by atoms with E-state index in [-0.39, 0.29) is 6.01 Å². The van der Waals surface area contributed by atoms with Gasteiger partial charge in [0.15, 0.2) is 0 Å². The van der Waals surface area contributed by atoms with E-state index in [1.165, 1.54) is 7.11 Å². The normalized spacial score (nSPS) is 10.3. The van der Waals surface area contributed by atoms with Crippen LogP contribution in [0.2, 0.25) is 0 Å². The molecule has 0 fully saturated rings. The predicted octanol–water partition coefficient (Wildman–Crippen LogP) is 1.14. The van der Waals surface area contributed by atoms with Crippen LogP contribution < -0.4 is 15.4 Å². The highest BCUT2D eigenvalue weighted by molar-refractivity contribution is 5.36. The number of nitrogens with one attached hydrogen (secondary N) is 2. The Morgan fingerprint density at radius 2 is 1.89 bits per heavy atom. The van der Waals surface area contributed by atoms with Gasteiger partial charge in [-0.15, -0.1) is 0 Å². The molecule has 0 aliphatic carbocycles. The molecule has 0 unspecified atom stereocenters. The van der Waals surface area contributed by atoms with E-state index >= 15 is 0 Å². The van der Waals surface area contributed by atoms with Gasteiger partial charge in [-0.3, -0.25) is 0 Å². The van der Waals surface area contributed by atoms with Crippen LogP contribution in [0.5, 0.6) is 6.01 Å². The molecule has 8 heteroatoms. The van der Waals surface area contributed by atoms with E-state index in [9.17, 15) is 0 Å². The standard InChI is InChI=1S/C11H16N6O2/c1-6-8(7(2)19-17-6)5-13-10-14-9(12-3)15-11(16-10)18-4/h5H2,1-4H3,(H2,12,13,14,15,16). The van der Waals surface area contributed by atoms with E-state index in [0.717, 1.165) is 17.0 Å². The minimum Gasteiger partial charge on any atom is -0.467 e. The van der Waals surface area contributed by atoms with Crippen molar-refractivity contribution in [1.82, 2.24) is 20.1 Å². The van der Waals surface area contributed by atoms with Gasteiger partial charge in [-0.25, -0.2) is 0 Å². The summed E-state index contributed by atoms with van der Waals surface area (Å²) in [6.07, 6.45) is 0. The second-order valence-corrected chi connectivity index (χ2v) is 3.88. The van der Waals surface area contributed by atoms with Gasteiger partial charge in [0.2, 0.25) is 11.9 Å². The molecule has 19 heavy (non-hydrogen) atoms. The first-order chi connectivity index (χ1) is 9.13. The summed E-state index contributed by atoms with van der Waals surface area (Å²) in [6, 6.07) is 0.251. The predicted molar refractivity (Wildman–Crippen MR) is 69.2 cm³/mol. The summed E-state index contributed by atoms with van der Waals surface area (Å²) in [5, 5.41) is 9.83. The zero-order valence-electron chi connectivity index (χ0n) is 11.3. The molecule has 0 saturated heterocycles. The molecule has 2 heterocycles. The molecule has 0 aliphatic heterocycles. The summed E-state index contributed by atoms with van der Waals surface area (Å²) >= 11 is 0. The Bertz CT molecular complexity index is 527. The van der Waals surface area contributed by atoms with Crippen molar-refractivity contribution in [1.29, 1.82) is 0 Å². The van der Waals surface area contributed by atoms with Crippen LogP contribution in [-0.4, -0.2) is 34.3 Å². The average molecular weight is 264 g/mol. The maximum absolute atomic E-state index is 5.09. The van der Waals surface area contributed by atoms with Crippen molar-refractivity contribution in [2.45, 2.75) is 20.4 Å². The highest BCUT2D eigenvalue weighted by Gasteiger charge is 2.10. The molecule has 0 spiro atoms. The van der Waals surface area contributed by atoms with Crippen LogP contribution in [0, 0.1) is 13.8 Å². The topological polar surface area (TPSA) is 98.0 Å². The Kier molecular flexibility index (Phi) is 3.79. The Morgan fingerprint density at radius 1 is 1.16 bits per heavy atom. The Hall–Kier alpha value is -2.38. The number of rotatable bonds is 5. The van der Waals surface area contributed by atoms with Gasteiger partial charge in [0, 0.05) is 19.2 Å². The summed E-state index contributed by atoms with van der Waals surface area (Å²) < 4.78 is 10.1. The summed E-state index contributed by atoms with van der Waals surface area (Å²) in [5.41, 5.74) is 1.84. The lowest BCUT2D eigenvalue weighted by molar-refractivity contribution is 0.379. The van der Waals surface area contributed by atoms with Gasteiger partial charge in [0.05, 0.1) is 12.8 Å². The number of aromatic nitrogens is 4. The molecule has 0 saturated carbocycles. The second-order valence-electron chi connectivity index (χ2n) is 3.88. The molecular formula is C11H16N6O2. The molecule has 0 radical (unpaired) electrons. The molecule has 102 valence electrons. The fourth-order valence-electron chi connectivity index (χ4n) is 1.56. The summed E-state index contributed by atoms with van der Waals surface area (Å²) in [6.45, 7) is 4.28. The van der Waals surface area contributed by atoms with E-state index in [1.54, 1.807) is 7.05 Å². The van der Waals surface area contributed by atoms with E-state index in [1.807, 2.05) is 13.8 Å². The number of hydrogen-bond acceptors (Lipinski definition) is 8. The molecule has 0 bridgehead atoms. The minimum atomic E-state index is 0.251. The van der Waals surface area contributed by atoms with Gasteiger partial charge in [-0.1, -0.05) is 5.16 Å². The first-order valence-corrected chi connectivity index (χ1v) is 5.77. The lowest BCUT2D eigenvalue weighted by atomic mass is 10.2. The Balaban J connectivity index is 2.15. The van der Waals surface area contributed by atoms with Gasteiger partial charge >= 0.3 is 6.01 Å². The number of nitrogens with zero attached hydrogens (tertiary/aromatic N) is 4. The van der Waals surface area contributed by atoms with Crippen LogP contribution >= 0.6 is 0 Å². The van der Waals surface area contributed by atoms with Crippen molar-refractivity contribution in [2.75, 3.05) is 24.8 Å². The minimum absolute atomic E-state index is 0.251. The van der Waals surface area contributed by atoms with Crippen molar-refractivity contribution in [3.05, 3.63) is 17.0 Å². The van der Waals surface area contributed by atoms with Crippen molar-refractivity contribution in [3.63, 3.8) is 0 Å². The number of hydrogen-bond donors (Lipinski definition) is 2. The van der Waals surface area contributed by atoms with E-state index in [2.05, 4.69) is 30.7 Å². The maximum Gasteiger partial charge on any atom is 0.322 e.